The molecule has 0 aliphatic heterocycles. The smallest absolute Gasteiger partial charge is 0.182 e. The van der Waals surface area contributed by atoms with Gasteiger partial charge in [-0.15, -0.1) is 11.3 Å². The fourth-order valence-electron chi connectivity index (χ4n) is 1.46. The van der Waals surface area contributed by atoms with Gasteiger partial charge in [0, 0.05) is 18.1 Å². The molecule has 0 aromatic carbocycles. The van der Waals surface area contributed by atoms with Gasteiger partial charge in [0.2, 0.25) is 0 Å². The molecule has 0 saturated carbocycles. The first-order valence-electron chi connectivity index (χ1n) is 5.22. The monoisotopic (exact) mass is 268 g/mol. The molecule has 0 bridgehead atoms. The molecule has 3 N–H and O–H groups in total. The van der Waals surface area contributed by atoms with Crippen molar-refractivity contribution in [1.29, 1.82) is 0 Å². The van der Waals surface area contributed by atoms with Gasteiger partial charge in [0.15, 0.2) is 5.13 Å². The number of nitrogens with one attached hydrogen (secondary N) is 1. The molecule has 0 atom stereocenters. The van der Waals surface area contributed by atoms with E-state index in [0.717, 1.165) is 23.7 Å². The normalized spacial score (nSPS) is 10.5. The molecule has 2 rings (SSSR count). The number of halogens is 1. The first kappa shape index (κ1) is 12.1. The van der Waals surface area contributed by atoms with Crippen LogP contribution in [0.1, 0.15) is 10.6 Å². The number of anilines is 2. The van der Waals surface area contributed by atoms with Crippen LogP contribution in [-0.4, -0.2) is 17.0 Å². The Labute approximate surface area is 109 Å². The highest BCUT2D eigenvalue weighted by atomic mass is 35.5. The van der Waals surface area contributed by atoms with Gasteiger partial charge in [-0.05, 0) is 25.0 Å². The fourth-order valence-corrected chi connectivity index (χ4v) is 2.42. The second-order valence-electron chi connectivity index (χ2n) is 3.55. The molecule has 4 nitrogen and oxygen atoms in total. The second-order valence-corrected chi connectivity index (χ2v) is 5.07. The summed E-state index contributed by atoms with van der Waals surface area (Å²) in [6.07, 6.45) is 3.52. The standard InChI is InChI=1S/C11H13ClN4S/c1-14-11-15-6-7(17-11)2-4-9-8(12)3-5-10(13)16-9/h3,5-6H,2,4H2,1H3,(H2,13,16)(H,14,15). The topological polar surface area (TPSA) is 63.8 Å². The van der Waals surface area contributed by atoms with Gasteiger partial charge in [0.05, 0.1) is 10.7 Å². The predicted molar refractivity (Wildman–Crippen MR) is 72.7 cm³/mol. The number of rotatable bonds is 4. The number of nitrogens with two attached hydrogens (primary N) is 1. The number of thiazole rings is 1. The van der Waals surface area contributed by atoms with Crippen molar-refractivity contribution in [3.05, 3.63) is 33.9 Å². The minimum Gasteiger partial charge on any atom is -0.384 e. The third-order valence-corrected chi connectivity index (χ3v) is 3.73. The molecule has 17 heavy (non-hydrogen) atoms. The van der Waals surface area contributed by atoms with E-state index in [2.05, 4.69) is 15.3 Å². The van der Waals surface area contributed by atoms with Gasteiger partial charge in [-0.2, -0.15) is 0 Å². The Morgan fingerprint density at radius 1 is 1.41 bits per heavy atom. The third-order valence-electron chi connectivity index (χ3n) is 2.32. The van der Waals surface area contributed by atoms with Crippen LogP contribution >= 0.6 is 22.9 Å². The van der Waals surface area contributed by atoms with Crippen LogP contribution in [0.25, 0.3) is 0 Å². The van der Waals surface area contributed by atoms with E-state index in [9.17, 15) is 0 Å². The number of nitrogen functional groups attached to an aromatic ring is 1. The van der Waals surface area contributed by atoms with Crippen LogP contribution in [0.15, 0.2) is 18.3 Å². The predicted octanol–water partition coefficient (Wildman–Crippen LogP) is 2.60. The molecule has 0 amide bonds. The van der Waals surface area contributed by atoms with Crippen LogP contribution in [0.2, 0.25) is 5.02 Å². The van der Waals surface area contributed by atoms with Crippen molar-refractivity contribution in [2.45, 2.75) is 12.8 Å². The average Bonchev–Trinajstić information content (AvgIpc) is 2.78. The van der Waals surface area contributed by atoms with Crippen molar-refractivity contribution in [1.82, 2.24) is 9.97 Å². The minimum absolute atomic E-state index is 0.504. The summed E-state index contributed by atoms with van der Waals surface area (Å²) in [5.74, 6) is 0.504. The zero-order valence-electron chi connectivity index (χ0n) is 9.40. The van der Waals surface area contributed by atoms with E-state index in [1.54, 1.807) is 23.5 Å². The average molecular weight is 269 g/mol. The van der Waals surface area contributed by atoms with Gasteiger partial charge >= 0.3 is 0 Å². The lowest BCUT2D eigenvalue weighted by atomic mass is 10.2. The number of hydrogen-bond donors (Lipinski definition) is 2. The van der Waals surface area contributed by atoms with E-state index in [1.807, 2.05) is 13.2 Å². The van der Waals surface area contributed by atoms with Gasteiger partial charge in [-0.3, -0.25) is 0 Å². The van der Waals surface area contributed by atoms with Crippen molar-refractivity contribution in [3.8, 4) is 0 Å². The largest absolute Gasteiger partial charge is 0.384 e. The highest BCUT2D eigenvalue weighted by molar-refractivity contribution is 7.15. The second kappa shape index (κ2) is 5.33. The summed E-state index contributed by atoms with van der Waals surface area (Å²) in [4.78, 5) is 9.65. The number of pyridine rings is 1. The van der Waals surface area contributed by atoms with Crippen LogP contribution in [-0.2, 0) is 12.8 Å². The molecule has 0 saturated heterocycles. The molecule has 6 heteroatoms. The lowest BCUT2D eigenvalue weighted by Gasteiger charge is -2.02. The van der Waals surface area contributed by atoms with E-state index in [0.29, 0.717) is 10.8 Å². The third kappa shape index (κ3) is 3.08. The summed E-state index contributed by atoms with van der Waals surface area (Å²) < 4.78 is 0. The fraction of sp³-hybridized carbons (Fsp3) is 0.273. The molecule has 0 fully saturated rings. The van der Waals surface area contributed by atoms with Crippen molar-refractivity contribution in [3.63, 3.8) is 0 Å². The van der Waals surface area contributed by atoms with E-state index >= 15 is 0 Å². The molecule has 0 unspecified atom stereocenters. The Morgan fingerprint density at radius 2 is 2.24 bits per heavy atom. The Hall–Kier alpha value is -1.33. The molecule has 0 spiro atoms. The van der Waals surface area contributed by atoms with Crippen LogP contribution < -0.4 is 11.1 Å². The quantitative estimate of drug-likeness (QED) is 0.895. The summed E-state index contributed by atoms with van der Waals surface area (Å²) in [6.45, 7) is 0. The van der Waals surface area contributed by atoms with Crippen molar-refractivity contribution in [2.24, 2.45) is 0 Å². The SMILES string of the molecule is CNc1ncc(CCc2nc(N)ccc2Cl)s1. The zero-order valence-corrected chi connectivity index (χ0v) is 11.0. The van der Waals surface area contributed by atoms with Crippen LogP contribution in [0.5, 0.6) is 0 Å². The first-order chi connectivity index (χ1) is 8.19. The summed E-state index contributed by atoms with van der Waals surface area (Å²) in [7, 11) is 1.86. The summed E-state index contributed by atoms with van der Waals surface area (Å²) >= 11 is 7.69. The van der Waals surface area contributed by atoms with Crippen LogP contribution in [0, 0.1) is 0 Å². The summed E-state index contributed by atoms with van der Waals surface area (Å²) in [6, 6.07) is 3.49. The highest BCUT2D eigenvalue weighted by Gasteiger charge is 2.05. The van der Waals surface area contributed by atoms with Crippen molar-refractivity contribution in [2.75, 3.05) is 18.1 Å². The van der Waals surface area contributed by atoms with E-state index < -0.39 is 0 Å². The number of nitrogens with zero attached hydrogens (tertiary/aromatic N) is 2. The zero-order chi connectivity index (χ0) is 12.3. The van der Waals surface area contributed by atoms with Gasteiger partial charge in [-0.1, -0.05) is 11.6 Å². The maximum absolute atomic E-state index is 6.05. The Bertz CT molecular complexity index is 512. The summed E-state index contributed by atoms with van der Waals surface area (Å²) in [5.41, 5.74) is 6.47. The maximum Gasteiger partial charge on any atom is 0.182 e. The molecule has 2 aromatic rings. The van der Waals surface area contributed by atoms with Gasteiger partial charge < -0.3 is 11.1 Å². The lowest BCUT2D eigenvalue weighted by molar-refractivity contribution is 0.929. The molecule has 0 radical (unpaired) electrons. The molecule has 90 valence electrons. The Balaban J connectivity index is 2.04. The minimum atomic E-state index is 0.504. The lowest BCUT2D eigenvalue weighted by Crippen LogP contribution is -1.98. The maximum atomic E-state index is 6.05. The first-order valence-corrected chi connectivity index (χ1v) is 6.42. The van der Waals surface area contributed by atoms with E-state index in [4.69, 9.17) is 17.3 Å². The molecular weight excluding hydrogens is 256 g/mol. The number of hydrogen-bond acceptors (Lipinski definition) is 5. The van der Waals surface area contributed by atoms with E-state index in [1.165, 1.54) is 4.88 Å². The van der Waals surface area contributed by atoms with Crippen molar-refractivity contribution >= 4 is 33.9 Å². The Morgan fingerprint density at radius 3 is 2.94 bits per heavy atom. The molecule has 2 aromatic heterocycles. The molecule has 0 aliphatic carbocycles. The van der Waals surface area contributed by atoms with Crippen LogP contribution in [0.4, 0.5) is 10.9 Å². The van der Waals surface area contributed by atoms with E-state index in [-0.39, 0.29) is 0 Å². The van der Waals surface area contributed by atoms with Gasteiger partial charge in [0.25, 0.3) is 0 Å². The Kier molecular flexibility index (Phi) is 3.81. The highest BCUT2D eigenvalue weighted by Crippen LogP contribution is 2.21. The van der Waals surface area contributed by atoms with Crippen LogP contribution in [0.3, 0.4) is 0 Å². The van der Waals surface area contributed by atoms with Gasteiger partial charge in [-0.25, -0.2) is 9.97 Å². The number of aromatic nitrogens is 2. The molecule has 0 aliphatic rings. The molecule has 2 heterocycles. The molecular formula is C11H13ClN4S. The summed E-state index contributed by atoms with van der Waals surface area (Å²) in [5, 5.41) is 4.60. The van der Waals surface area contributed by atoms with Crippen molar-refractivity contribution < 1.29 is 0 Å². The number of aryl methyl sites for hydroxylation is 2. The van der Waals surface area contributed by atoms with Gasteiger partial charge in [0.1, 0.15) is 5.82 Å².